The van der Waals surface area contributed by atoms with Crippen LogP contribution in [-0.4, -0.2) is 17.4 Å². The molecule has 2 heterocycles. The topological polar surface area (TPSA) is 42.0 Å². The fourth-order valence-corrected chi connectivity index (χ4v) is 3.79. The monoisotopic (exact) mass is 372 g/mol. The van der Waals surface area contributed by atoms with Crippen LogP contribution >= 0.6 is 22.9 Å². The minimum atomic E-state index is -0.0426. The van der Waals surface area contributed by atoms with E-state index in [0.29, 0.717) is 16.4 Å². The van der Waals surface area contributed by atoms with Crippen LogP contribution in [0.25, 0.3) is 21.5 Å². The summed E-state index contributed by atoms with van der Waals surface area (Å²) < 4.78 is 0.715. The molecule has 3 aromatic rings. The van der Waals surface area contributed by atoms with Crippen molar-refractivity contribution in [1.29, 1.82) is 0 Å². The Kier molecular flexibility index (Phi) is 6.05. The predicted octanol–water partition coefficient (Wildman–Crippen LogP) is 5.93. The number of unbranched alkanes of at least 4 members (excludes halogenated alkanes) is 3. The third-order valence-electron chi connectivity index (χ3n) is 4.10. The van der Waals surface area contributed by atoms with Crippen molar-refractivity contribution in [2.24, 2.45) is 0 Å². The van der Waals surface area contributed by atoms with Gasteiger partial charge in [0.1, 0.15) is 0 Å². The number of fused-ring (bicyclic) bond motifs is 1. The molecule has 0 atom stereocenters. The van der Waals surface area contributed by atoms with Crippen LogP contribution in [0.4, 0.5) is 0 Å². The third-order valence-corrected chi connectivity index (χ3v) is 5.36. The summed E-state index contributed by atoms with van der Waals surface area (Å²) in [5.74, 6) is -0.0426. The van der Waals surface area contributed by atoms with Gasteiger partial charge in [0.2, 0.25) is 0 Å². The molecule has 0 spiro atoms. The van der Waals surface area contributed by atoms with E-state index in [1.54, 1.807) is 0 Å². The largest absolute Gasteiger partial charge is 0.352 e. The Morgan fingerprint density at radius 2 is 2.00 bits per heavy atom. The Balaban J connectivity index is 1.88. The first kappa shape index (κ1) is 17.9. The molecular formula is C20H21ClN2OS. The SMILES string of the molecule is CCCCCCNC(=O)c1cc(-c2ccc(Cl)s2)nc2ccccc12. The second-order valence-corrected chi connectivity index (χ2v) is 7.71. The van der Waals surface area contributed by atoms with E-state index in [-0.39, 0.29) is 5.91 Å². The number of pyridine rings is 1. The van der Waals surface area contributed by atoms with E-state index in [1.165, 1.54) is 24.2 Å². The van der Waals surface area contributed by atoms with Crippen LogP contribution in [0.5, 0.6) is 0 Å². The molecule has 2 aromatic heterocycles. The van der Waals surface area contributed by atoms with Crippen molar-refractivity contribution in [1.82, 2.24) is 10.3 Å². The maximum atomic E-state index is 12.7. The van der Waals surface area contributed by atoms with Crippen molar-refractivity contribution in [2.75, 3.05) is 6.54 Å². The highest BCUT2D eigenvalue weighted by Crippen LogP contribution is 2.32. The van der Waals surface area contributed by atoms with E-state index in [2.05, 4.69) is 12.2 Å². The van der Waals surface area contributed by atoms with Crippen molar-refractivity contribution in [3.8, 4) is 10.6 Å². The first-order valence-corrected chi connectivity index (χ1v) is 9.82. The number of rotatable bonds is 7. The molecule has 5 heteroatoms. The van der Waals surface area contributed by atoms with Crippen LogP contribution in [0.1, 0.15) is 43.0 Å². The predicted molar refractivity (Wildman–Crippen MR) is 107 cm³/mol. The lowest BCUT2D eigenvalue weighted by Gasteiger charge is -2.10. The molecule has 0 unspecified atom stereocenters. The lowest BCUT2D eigenvalue weighted by Crippen LogP contribution is -2.24. The maximum absolute atomic E-state index is 12.7. The molecule has 3 rings (SSSR count). The van der Waals surface area contributed by atoms with E-state index in [1.807, 2.05) is 42.5 Å². The zero-order valence-electron chi connectivity index (χ0n) is 14.2. The van der Waals surface area contributed by atoms with Crippen molar-refractivity contribution in [2.45, 2.75) is 32.6 Å². The fraction of sp³-hybridized carbons (Fsp3) is 0.300. The van der Waals surface area contributed by atoms with Gasteiger partial charge in [0.05, 0.1) is 26.0 Å². The van der Waals surface area contributed by atoms with E-state index >= 15 is 0 Å². The second kappa shape index (κ2) is 8.45. The molecule has 1 amide bonds. The molecule has 130 valence electrons. The van der Waals surface area contributed by atoms with Crippen LogP contribution in [0, 0.1) is 0 Å². The number of nitrogens with one attached hydrogen (secondary N) is 1. The van der Waals surface area contributed by atoms with Crippen LogP contribution in [-0.2, 0) is 0 Å². The summed E-state index contributed by atoms with van der Waals surface area (Å²) >= 11 is 7.52. The van der Waals surface area contributed by atoms with Crippen LogP contribution in [0.15, 0.2) is 42.5 Å². The number of amides is 1. The molecule has 25 heavy (non-hydrogen) atoms. The van der Waals surface area contributed by atoms with Crippen molar-refractivity contribution >= 4 is 39.7 Å². The third kappa shape index (κ3) is 4.39. The summed E-state index contributed by atoms with van der Waals surface area (Å²) in [5.41, 5.74) is 2.27. The molecule has 0 aliphatic heterocycles. The highest BCUT2D eigenvalue weighted by molar-refractivity contribution is 7.19. The quantitative estimate of drug-likeness (QED) is 0.522. The van der Waals surface area contributed by atoms with Gasteiger partial charge in [-0.05, 0) is 30.7 Å². The Bertz CT molecular complexity index is 875. The first-order valence-electron chi connectivity index (χ1n) is 8.62. The van der Waals surface area contributed by atoms with Gasteiger partial charge in [0.25, 0.3) is 5.91 Å². The second-order valence-electron chi connectivity index (χ2n) is 5.99. The van der Waals surface area contributed by atoms with E-state index in [4.69, 9.17) is 16.6 Å². The first-order chi connectivity index (χ1) is 12.2. The van der Waals surface area contributed by atoms with Gasteiger partial charge in [-0.1, -0.05) is 56.0 Å². The van der Waals surface area contributed by atoms with Crippen LogP contribution in [0.2, 0.25) is 4.34 Å². The highest BCUT2D eigenvalue weighted by atomic mass is 35.5. The molecule has 1 N–H and O–H groups in total. The van der Waals surface area contributed by atoms with Gasteiger partial charge in [-0.15, -0.1) is 11.3 Å². The molecule has 0 saturated carbocycles. The van der Waals surface area contributed by atoms with Gasteiger partial charge in [0.15, 0.2) is 0 Å². The number of thiophene rings is 1. The Morgan fingerprint density at radius 3 is 2.76 bits per heavy atom. The Hall–Kier alpha value is -1.91. The number of benzene rings is 1. The Morgan fingerprint density at radius 1 is 1.16 bits per heavy atom. The van der Waals surface area contributed by atoms with Gasteiger partial charge in [-0.3, -0.25) is 4.79 Å². The van der Waals surface area contributed by atoms with Gasteiger partial charge in [0, 0.05) is 11.9 Å². The van der Waals surface area contributed by atoms with Crippen LogP contribution in [0.3, 0.4) is 0 Å². The number of carbonyl (C=O) groups is 1. The summed E-state index contributed by atoms with van der Waals surface area (Å²) in [4.78, 5) is 18.4. The highest BCUT2D eigenvalue weighted by Gasteiger charge is 2.14. The van der Waals surface area contributed by atoms with E-state index in [9.17, 15) is 4.79 Å². The van der Waals surface area contributed by atoms with Crippen molar-refractivity contribution in [3.63, 3.8) is 0 Å². The summed E-state index contributed by atoms with van der Waals surface area (Å²) in [6.07, 6.45) is 4.55. The molecule has 3 nitrogen and oxygen atoms in total. The average molecular weight is 373 g/mol. The molecular weight excluding hydrogens is 352 g/mol. The van der Waals surface area contributed by atoms with Crippen molar-refractivity contribution < 1.29 is 4.79 Å². The van der Waals surface area contributed by atoms with E-state index < -0.39 is 0 Å². The average Bonchev–Trinajstić information content (AvgIpc) is 3.07. The minimum Gasteiger partial charge on any atom is -0.352 e. The van der Waals surface area contributed by atoms with Gasteiger partial charge in [-0.2, -0.15) is 0 Å². The number of carbonyl (C=O) groups excluding carboxylic acids is 1. The minimum absolute atomic E-state index is 0.0426. The molecule has 0 radical (unpaired) electrons. The number of halogens is 1. The summed E-state index contributed by atoms with van der Waals surface area (Å²) in [7, 11) is 0. The van der Waals surface area contributed by atoms with Gasteiger partial charge < -0.3 is 5.32 Å². The van der Waals surface area contributed by atoms with Crippen molar-refractivity contribution in [3.05, 3.63) is 52.4 Å². The molecule has 0 aliphatic rings. The number of nitrogens with zero attached hydrogens (tertiary/aromatic N) is 1. The molecule has 0 fully saturated rings. The van der Waals surface area contributed by atoms with Crippen LogP contribution < -0.4 is 5.32 Å². The standard InChI is InChI=1S/C20H21ClN2OS/c1-2-3-4-7-12-22-20(24)15-13-17(18-10-11-19(21)25-18)23-16-9-6-5-8-14(15)16/h5-6,8-11,13H,2-4,7,12H2,1H3,(H,22,24). The molecule has 1 aromatic carbocycles. The number of aromatic nitrogens is 1. The number of para-hydroxylation sites is 1. The van der Waals surface area contributed by atoms with E-state index in [0.717, 1.165) is 34.3 Å². The molecule has 0 aliphatic carbocycles. The lowest BCUT2D eigenvalue weighted by atomic mass is 10.1. The zero-order chi connectivity index (χ0) is 17.6. The summed E-state index contributed by atoms with van der Waals surface area (Å²) in [6, 6.07) is 13.4. The van der Waals surface area contributed by atoms with Gasteiger partial charge >= 0.3 is 0 Å². The normalized spacial score (nSPS) is 11.0. The molecule has 0 bridgehead atoms. The number of hydrogen-bond donors (Lipinski definition) is 1. The summed E-state index contributed by atoms with van der Waals surface area (Å²) in [6.45, 7) is 2.88. The smallest absolute Gasteiger partial charge is 0.252 e. The Labute approximate surface area is 157 Å². The maximum Gasteiger partial charge on any atom is 0.252 e. The zero-order valence-corrected chi connectivity index (χ0v) is 15.8. The fourth-order valence-electron chi connectivity index (χ4n) is 2.79. The summed E-state index contributed by atoms with van der Waals surface area (Å²) in [5, 5.41) is 3.92. The number of hydrogen-bond acceptors (Lipinski definition) is 3. The lowest BCUT2D eigenvalue weighted by molar-refractivity contribution is 0.0954. The van der Waals surface area contributed by atoms with Gasteiger partial charge in [-0.25, -0.2) is 4.98 Å². The molecule has 0 saturated heterocycles.